The molecule has 11 aromatic rings. The molecule has 262 valence electrons. The van der Waals surface area contributed by atoms with Crippen molar-refractivity contribution >= 4 is 53.3 Å². The second-order valence-electron chi connectivity index (χ2n) is 14.2. The molecule has 0 aliphatic rings. The van der Waals surface area contributed by atoms with Crippen LogP contribution < -0.4 is 0 Å². The Balaban J connectivity index is 1.14. The van der Waals surface area contributed by atoms with Crippen molar-refractivity contribution in [3.05, 3.63) is 200 Å². The van der Waals surface area contributed by atoms with Gasteiger partial charge in [-0.3, -0.25) is 0 Å². The van der Waals surface area contributed by atoms with E-state index in [9.17, 15) is 0 Å². The highest BCUT2D eigenvalue weighted by Crippen LogP contribution is 2.41. The molecule has 0 aliphatic carbocycles. The Hall–Kier alpha value is -7.14. The molecule has 0 aliphatic heterocycles. The van der Waals surface area contributed by atoms with Crippen LogP contribution in [0.4, 0.5) is 0 Å². The molecule has 0 N–H and O–H groups in total. The van der Waals surface area contributed by atoms with E-state index in [-0.39, 0.29) is 0 Å². The number of benzene rings is 8. The SMILES string of the molecule is c1ccc(-c2cccc(-c3cc(-c4cccc(-c5ccccc5)c4)nc(-c4cccc5c4c4ccccc4n5-c4ccc5sc6ccccc6c5c4)n3)c2)cc1. The standard InChI is InChI=1S/C52H33N3S/c1-3-14-34(15-4-1)36-18-11-20-38(30-36)45-33-46(39-21-12-19-37(31-39)35-16-5-2-6-17-35)54-52(53-45)43-24-13-26-48-51(43)42-23-7-9-25-47(42)55(48)40-28-29-50-44(32-40)41-22-8-10-27-49(41)56-50/h1-33H. The molecule has 0 unspecified atom stereocenters. The minimum atomic E-state index is 0.695. The third kappa shape index (κ3) is 5.50. The molecule has 0 spiro atoms. The Kier molecular flexibility index (Phi) is 7.68. The van der Waals surface area contributed by atoms with E-state index in [4.69, 9.17) is 9.97 Å². The van der Waals surface area contributed by atoms with Crippen LogP contribution in [0.15, 0.2) is 200 Å². The number of thiophene rings is 1. The molecular weight excluding hydrogens is 699 g/mol. The van der Waals surface area contributed by atoms with Gasteiger partial charge in [0.1, 0.15) is 0 Å². The molecule has 3 aromatic heterocycles. The van der Waals surface area contributed by atoms with E-state index in [0.717, 1.165) is 61.3 Å². The molecule has 3 heterocycles. The van der Waals surface area contributed by atoms with E-state index in [0.29, 0.717) is 5.82 Å². The van der Waals surface area contributed by atoms with Gasteiger partial charge in [0.05, 0.1) is 22.4 Å². The fourth-order valence-corrected chi connectivity index (χ4v) is 9.26. The Labute approximate surface area is 328 Å². The summed E-state index contributed by atoms with van der Waals surface area (Å²) in [5.41, 5.74) is 12.9. The Morgan fingerprint density at radius 3 is 1.59 bits per heavy atom. The molecule has 11 rings (SSSR count). The molecule has 4 heteroatoms. The number of fused-ring (bicyclic) bond motifs is 6. The van der Waals surface area contributed by atoms with Crippen molar-refractivity contribution < 1.29 is 0 Å². The maximum absolute atomic E-state index is 5.40. The van der Waals surface area contributed by atoms with Crippen molar-refractivity contribution in [2.45, 2.75) is 0 Å². The van der Waals surface area contributed by atoms with Gasteiger partial charge in [0.2, 0.25) is 0 Å². The van der Waals surface area contributed by atoms with Gasteiger partial charge in [0.25, 0.3) is 0 Å². The third-order valence-corrected chi connectivity index (χ3v) is 12.0. The molecule has 0 atom stereocenters. The summed E-state index contributed by atoms with van der Waals surface area (Å²) < 4.78 is 5.00. The van der Waals surface area contributed by atoms with Crippen LogP contribution in [0.25, 0.3) is 104 Å². The smallest absolute Gasteiger partial charge is 0.161 e. The molecule has 0 amide bonds. The lowest BCUT2D eigenvalue weighted by Gasteiger charge is -2.13. The topological polar surface area (TPSA) is 30.7 Å². The summed E-state index contributed by atoms with van der Waals surface area (Å²) in [6.07, 6.45) is 0. The zero-order valence-electron chi connectivity index (χ0n) is 30.3. The molecule has 3 nitrogen and oxygen atoms in total. The fourth-order valence-electron chi connectivity index (χ4n) is 8.18. The summed E-state index contributed by atoms with van der Waals surface area (Å²) in [4.78, 5) is 10.8. The maximum atomic E-state index is 5.40. The summed E-state index contributed by atoms with van der Waals surface area (Å²) in [6.45, 7) is 0. The van der Waals surface area contributed by atoms with Crippen LogP contribution in [0.5, 0.6) is 0 Å². The predicted octanol–water partition coefficient (Wildman–Crippen LogP) is 14.3. The highest BCUT2D eigenvalue weighted by atomic mass is 32.1. The van der Waals surface area contributed by atoms with Crippen molar-refractivity contribution in [1.29, 1.82) is 0 Å². The van der Waals surface area contributed by atoms with Gasteiger partial charge in [0.15, 0.2) is 5.82 Å². The lowest BCUT2D eigenvalue weighted by atomic mass is 9.99. The van der Waals surface area contributed by atoms with E-state index < -0.39 is 0 Å². The molecule has 56 heavy (non-hydrogen) atoms. The van der Waals surface area contributed by atoms with Crippen LogP contribution in [-0.2, 0) is 0 Å². The first-order chi connectivity index (χ1) is 27.7. The van der Waals surface area contributed by atoms with Crippen LogP contribution >= 0.6 is 11.3 Å². The minimum Gasteiger partial charge on any atom is -0.309 e. The van der Waals surface area contributed by atoms with Gasteiger partial charge in [-0.05, 0) is 76.9 Å². The number of rotatable bonds is 6. The number of aromatic nitrogens is 3. The van der Waals surface area contributed by atoms with Gasteiger partial charge in [-0.25, -0.2) is 9.97 Å². The largest absolute Gasteiger partial charge is 0.309 e. The van der Waals surface area contributed by atoms with Crippen LogP contribution in [0.1, 0.15) is 0 Å². The summed E-state index contributed by atoms with van der Waals surface area (Å²) in [5, 5.41) is 4.88. The maximum Gasteiger partial charge on any atom is 0.161 e. The van der Waals surface area contributed by atoms with Crippen LogP contribution in [0, 0.1) is 0 Å². The first kappa shape index (κ1) is 32.3. The number of hydrogen-bond acceptors (Lipinski definition) is 3. The van der Waals surface area contributed by atoms with Gasteiger partial charge in [0, 0.05) is 53.3 Å². The number of nitrogens with zero attached hydrogens (tertiary/aromatic N) is 3. The lowest BCUT2D eigenvalue weighted by molar-refractivity contribution is 1.18. The first-order valence-corrected chi connectivity index (χ1v) is 19.7. The molecule has 0 bridgehead atoms. The fraction of sp³-hybridized carbons (Fsp3) is 0. The monoisotopic (exact) mass is 731 g/mol. The summed E-state index contributed by atoms with van der Waals surface area (Å²) >= 11 is 1.85. The second kappa shape index (κ2) is 13.3. The van der Waals surface area contributed by atoms with Crippen molar-refractivity contribution in [2.75, 3.05) is 0 Å². The molecule has 0 saturated heterocycles. The van der Waals surface area contributed by atoms with Gasteiger partial charge in [-0.2, -0.15) is 0 Å². The Morgan fingerprint density at radius 2 is 0.893 bits per heavy atom. The van der Waals surface area contributed by atoms with Gasteiger partial charge < -0.3 is 4.57 Å². The van der Waals surface area contributed by atoms with Gasteiger partial charge in [-0.1, -0.05) is 146 Å². The van der Waals surface area contributed by atoms with Crippen molar-refractivity contribution in [2.24, 2.45) is 0 Å². The molecular formula is C52H33N3S. The normalized spacial score (nSPS) is 11.6. The average Bonchev–Trinajstić information content (AvgIpc) is 3.82. The van der Waals surface area contributed by atoms with E-state index in [1.54, 1.807) is 0 Å². The van der Waals surface area contributed by atoms with E-state index in [1.165, 1.54) is 36.7 Å². The van der Waals surface area contributed by atoms with Crippen LogP contribution in [0.3, 0.4) is 0 Å². The van der Waals surface area contributed by atoms with Crippen LogP contribution in [0.2, 0.25) is 0 Å². The van der Waals surface area contributed by atoms with Crippen molar-refractivity contribution in [3.63, 3.8) is 0 Å². The van der Waals surface area contributed by atoms with E-state index in [1.807, 2.05) is 11.3 Å². The number of para-hydroxylation sites is 1. The quantitative estimate of drug-likeness (QED) is 0.170. The van der Waals surface area contributed by atoms with Crippen molar-refractivity contribution in [1.82, 2.24) is 14.5 Å². The van der Waals surface area contributed by atoms with Gasteiger partial charge in [-0.15, -0.1) is 11.3 Å². The molecule has 0 saturated carbocycles. The third-order valence-electron chi connectivity index (χ3n) is 10.8. The van der Waals surface area contributed by atoms with E-state index >= 15 is 0 Å². The molecule has 8 aromatic carbocycles. The number of hydrogen-bond donors (Lipinski definition) is 0. The lowest BCUT2D eigenvalue weighted by Crippen LogP contribution is -1.97. The summed E-state index contributed by atoms with van der Waals surface area (Å²) in [6, 6.07) is 71.4. The van der Waals surface area contributed by atoms with Crippen LogP contribution in [-0.4, -0.2) is 14.5 Å². The summed E-state index contributed by atoms with van der Waals surface area (Å²) in [5.74, 6) is 0.695. The highest BCUT2D eigenvalue weighted by molar-refractivity contribution is 7.25. The second-order valence-corrected chi connectivity index (χ2v) is 15.3. The Morgan fingerprint density at radius 1 is 0.357 bits per heavy atom. The summed E-state index contributed by atoms with van der Waals surface area (Å²) in [7, 11) is 0. The van der Waals surface area contributed by atoms with Crippen molar-refractivity contribution in [3.8, 4) is 61.8 Å². The van der Waals surface area contributed by atoms with E-state index in [2.05, 4.69) is 205 Å². The highest BCUT2D eigenvalue weighted by Gasteiger charge is 2.20. The molecule has 0 fully saturated rings. The van der Waals surface area contributed by atoms with Gasteiger partial charge >= 0.3 is 0 Å². The zero-order chi connectivity index (χ0) is 37.0. The zero-order valence-corrected chi connectivity index (χ0v) is 31.1. The Bertz CT molecular complexity index is 3150. The average molecular weight is 732 g/mol. The molecule has 0 radical (unpaired) electrons. The predicted molar refractivity (Wildman–Crippen MR) is 236 cm³/mol. The first-order valence-electron chi connectivity index (χ1n) is 18.9. The minimum absolute atomic E-state index is 0.695.